The van der Waals surface area contributed by atoms with Gasteiger partial charge in [-0.15, -0.1) is 0 Å². The van der Waals surface area contributed by atoms with E-state index in [1.807, 2.05) is 60.5 Å². The predicted octanol–water partition coefficient (Wildman–Crippen LogP) is 3.22. The van der Waals surface area contributed by atoms with Crippen LogP contribution in [0.3, 0.4) is 0 Å². The summed E-state index contributed by atoms with van der Waals surface area (Å²) in [6.45, 7) is 0. The van der Waals surface area contributed by atoms with Crippen molar-refractivity contribution in [3.8, 4) is 0 Å². The monoisotopic (exact) mass is 510 g/mol. The van der Waals surface area contributed by atoms with Crippen molar-refractivity contribution in [2.24, 2.45) is 29.6 Å². The van der Waals surface area contributed by atoms with Crippen molar-refractivity contribution in [2.75, 3.05) is 23.9 Å². The second kappa shape index (κ2) is 8.36. The lowest BCUT2D eigenvalue weighted by Crippen LogP contribution is -2.58. The second-order valence-corrected chi connectivity index (χ2v) is 11.2. The van der Waals surface area contributed by atoms with Crippen LogP contribution in [0.4, 0.5) is 11.4 Å². The molecule has 0 radical (unpaired) electrons. The highest BCUT2D eigenvalue weighted by Gasteiger charge is 2.65. The number of carbonyl (C=O) groups is 4. The highest BCUT2D eigenvalue weighted by molar-refractivity contribution is 6.25. The number of hydrogen-bond acceptors (Lipinski definition) is 6. The van der Waals surface area contributed by atoms with Gasteiger partial charge in [-0.05, 0) is 67.4 Å². The van der Waals surface area contributed by atoms with Gasteiger partial charge in [-0.25, -0.2) is 9.91 Å². The summed E-state index contributed by atoms with van der Waals surface area (Å²) in [4.78, 5) is 58.4. The molecule has 8 heteroatoms. The first kappa shape index (κ1) is 23.3. The molecule has 6 atom stereocenters. The molecule has 7 rings (SSSR count). The summed E-state index contributed by atoms with van der Waals surface area (Å²) in [6.07, 6.45) is 2.89. The van der Waals surface area contributed by atoms with Gasteiger partial charge in [-0.1, -0.05) is 36.4 Å². The van der Waals surface area contributed by atoms with Crippen molar-refractivity contribution in [1.29, 1.82) is 0 Å². The van der Waals surface area contributed by atoms with E-state index in [0.29, 0.717) is 17.8 Å². The van der Waals surface area contributed by atoms with Crippen LogP contribution in [0.25, 0.3) is 0 Å². The first-order chi connectivity index (χ1) is 18.4. The van der Waals surface area contributed by atoms with Crippen molar-refractivity contribution in [3.63, 3.8) is 0 Å². The largest absolute Gasteiger partial charge is 0.297 e. The van der Waals surface area contributed by atoms with Crippen LogP contribution in [-0.4, -0.2) is 53.8 Å². The molecule has 3 heterocycles. The van der Waals surface area contributed by atoms with Gasteiger partial charge in [-0.3, -0.25) is 29.1 Å². The summed E-state index contributed by atoms with van der Waals surface area (Å²) in [6, 6.07) is 17.6. The molecule has 0 unspecified atom stereocenters. The number of hydrogen-bond donors (Lipinski definition) is 0. The number of para-hydroxylation sites is 2. The van der Waals surface area contributed by atoms with E-state index in [-0.39, 0.29) is 35.5 Å². The third-order valence-corrected chi connectivity index (χ3v) is 9.23. The number of hydrazine groups is 1. The van der Waals surface area contributed by atoms with Gasteiger partial charge in [0.25, 0.3) is 5.91 Å². The Morgan fingerprint density at radius 3 is 1.87 bits per heavy atom. The topological polar surface area (TPSA) is 81.2 Å². The SMILES string of the molecule is CN(C)N1C2=C3[C@@H](CCC2)[C@H]2C(=O)N(c4ccccc4)C(=O)[C@H]2C[C@@H]3[C@H]2C(=O)N(c3ccccc3)C(=O)[C@@H]21. The van der Waals surface area contributed by atoms with E-state index in [9.17, 15) is 19.2 Å². The molecule has 1 saturated carbocycles. The van der Waals surface area contributed by atoms with E-state index in [4.69, 9.17) is 0 Å². The van der Waals surface area contributed by atoms with Crippen molar-refractivity contribution in [2.45, 2.75) is 31.7 Å². The van der Waals surface area contributed by atoms with Crippen LogP contribution in [0.5, 0.6) is 0 Å². The van der Waals surface area contributed by atoms with Crippen molar-refractivity contribution < 1.29 is 19.2 Å². The third-order valence-electron chi connectivity index (χ3n) is 9.23. The summed E-state index contributed by atoms with van der Waals surface area (Å²) in [5, 5.41) is 3.94. The van der Waals surface area contributed by atoms with Crippen LogP contribution in [-0.2, 0) is 19.2 Å². The van der Waals surface area contributed by atoms with E-state index in [2.05, 4.69) is 0 Å². The minimum atomic E-state index is -0.658. The second-order valence-electron chi connectivity index (χ2n) is 11.2. The Kier molecular flexibility index (Phi) is 5.14. The maximum absolute atomic E-state index is 14.1. The van der Waals surface area contributed by atoms with Crippen molar-refractivity contribution >= 4 is 35.0 Å². The molecule has 0 N–H and O–H groups in total. The predicted molar refractivity (Wildman–Crippen MR) is 140 cm³/mol. The molecule has 2 aromatic rings. The smallest absolute Gasteiger partial charge is 0.258 e. The Morgan fingerprint density at radius 1 is 0.684 bits per heavy atom. The van der Waals surface area contributed by atoms with Gasteiger partial charge in [0.2, 0.25) is 17.7 Å². The number of rotatable bonds is 3. The minimum absolute atomic E-state index is 0.107. The molecule has 4 amide bonds. The van der Waals surface area contributed by atoms with E-state index in [1.165, 1.54) is 9.80 Å². The van der Waals surface area contributed by atoms with Gasteiger partial charge >= 0.3 is 0 Å². The van der Waals surface area contributed by atoms with Crippen molar-refractivity contribution in [1.82, 2.24) is 10.0 Å². The van der Waals surface area contributed by atoms with Crippen LogP contribution in [0.2, 0.25) is 0 Å². The zero-order valence-corrected chi connectivity index (χ0v) is 21.5. The summed E-state index contributed by atoms with van der Waals surface area (Å²) in [5.41, 5.74) is 3.35. The van der Waals surface area contributed by atoms with Gasteiger partial charge in [0, 0.05) is 19.8 Å². The highest BCUT2D eigenvalue weighted by Crippen LogP contribution is 2.59. The van der Waals surface area contributed by atoms with E-state index < -0.39 is 23.8 Å². The van der Waals surface area contributed by atoms with Crippen LogP contribution in [0, 0.1) is 29.6 Å². The fraction of sp³-hybridized carbons (Fsp3) is 0.400. The maximum atomic E-state index is 14.1. The molecule has 5 aliphatic rings. The zero-order valence-electron chi connectivity index (χ0n) is 21.5. The Labute approximate surface area is 221 Å². The quantitative estimate of drug-likeness (QED) is 0.590. The van der Waals surface area contributed by atoms with Gasteiger partial charge in [-0.2, -0.15) is 0 Å². The number of benzene rings is 2. The Balaban J connectivity index is 1.36. The molecule has 2 aliphatic carbocycles. The third kappa shape index (κ3) is 3.01. The van der Waals surface area contributed by atoms with Gasteiger partial charge < -0.3 is 0 Å². The van der Waals surface area contributed by atoms with Gasteiger partial charge in [0.05, 0.1) is 29.1 Å². The molecule has 38 heavy (non-hydrogen) atoms. The summed E-state index contributed by atoms with van der Waals surface area (Å²) in [7, 11) is 3.81. The Hall–Kier alpha value is -3.78. The molecule has 3 aliphatic heterocycles. The number of allylic oxidation sites excluding steroid dienone is 2. The Morgan fingerprint density at radius 2 is 1.26 bits per heavy atom. The molecule has 0 spiro atoms. The average Bonchev–Trinajstić information content (AvgIpc) is 3.33. The summed E-state index contributed by atoms with van der Waals surface area (Å²) >= 11 is 0. The van der Waals surface area contributed by atoms with Crippen LogP contribution in [0.1, 0.15) is 25.7 Å². The number of anilines is 2. The first-order valence-corrected chi connectivity index (χ1v) is 13.4. The van der Waals surface area contributed by atoms with Crippen LogP contribution < -0.4 is 9.80 Å². The molecule has 0 bridgehead atoms. The lowest BCUT2D eigenvalue weighted by atomic mass is 9.57. The van der Waals surface area contributed by atoms with Gasteiger partial charge in [0.15, 0.2) is 0 Å². The normalized spacial score (nSPS) is 32.2. The Bertz CT molecular complexity index is 1390. The van der Waals surface area contributed by atoms with Gasteiger partial charge in [0.1, 0.15) is 6.04 Å². The number of amides is 4. The maximum Gasteiger partial charge on any atom is 0.258 e. The van der Waals surface area contributed by atoms with E-state index >= 15 is 0 Å². The molecule has 2 saturated heterocycles. The number of imide groups is 2. The molecular weight excluding hydrogens is 480 g/mol. The number of fused-ring (bicyclic) bond motifs is 4. The van der Waals surface area contributed by atoms with Crippen molar-refractivity contribution in [3.05, 3.63) is 71.9 Å². The first-order valence-electron chi connectivity index (χ1n) is 13.4. The van der Waals surface area contributed by atoms with E-state index in [1.54, 1.807) is 24.3 Å². The molecule has 194 valence electrons. The summed E-state index contributed by atoms with van der Waals surface area (Å²) in [5.74, 6) is -2.62. The molecule has 2 aromatic carbocycles. The minimum Gasteiger partial charge on any atom is -0.297 e. The number of carbonyl (C=O) groups excluding carboxylic acids is 4. The molecule has 0 aromatic heterocycles. The lowest BCUT2D eigenvalue weighted by Gasteiger charge is -2.53. The standard InChI is InChI=1S/C30H30N4O4/c1-31(2)34-22-15-9-14-19-23(22)20(25-26(34)30(38)33(29(25)37)18-12-7-4-8-13-18)16-21-24(19)28(36)32(27(21)35)17-10-5-3-6-11-17/h3-8,10-13,19-21,24-26H,9,14-16H2,1-2H3/t19-,20+,21+,24-,25-,26-/m1/s1. The average molecular weight is 511 g/mol. The number of nitrogens with zero attached hydrogens (tertiary/aromatic N) is 4. The van der Waals surface area contributed by atoms with E-state index in [0.717, 1.165) is 30.5 Å². The van der Waals surface area contributed by atoms with Crippen LogP contribution >= 0.6 is 0 Å². The summed E-state index contributed by atoms with van der Waals surface area (Å²) < 4.78 is 0. The molecule has 8 nitrogen and oxygen atoms in total. The van der Waals surface area contributed by atoms with Crippen LogP contribution in [0.15, 0.2) is 71.9 Å². The molecule has 3 fully saturated rings. The molecular formula is C30H30N4O4. The highest BCUT2D eigenvalue weighted by atomic mass is 16.2. The zero-order chi connectivity index (χ0) is 26.3. The lowest BCUT2D eigenvalue weighted by molar-refractivity contribution is -0.135. The fourth-order valence-corrected chi connectivity index (χ4v) is 7.95. The fourth-order valence-electron chi connectivity index (χ4n) is 7.95.